The minimum atomic E-state index is -0.281. The number of nitrogens with zero attached hydrogens (tertiary/aromatic N) is 3. The summed E-state index contributed by atoms with van der Waals surface area (Å²) < 4.78 is 18.6. The van der Waals surface area contributed by atoms with Gasteiger partial charge in [-0.3, -0.25) is 4.79 Å². The minimum absolute atomic E-state index is 0.170. The Morgan fingerprint density at radius 1 is 1.06 bits per heavy atom. The maximum atomic E-state index is 12.5. The molecule has 9 heteroatoms. The molecular weight excluding hydrogens is 440 g/mol. The number of ether oxygens (including phenoxy) is 3. The van der Waals surface area contributed by atoms with E-state index in [2.05, 4.69) is 34.6 Å². The Bertz CT molecular complexity index is 1070. The summed E-state index contributed by atoms with van der Waals surface area (Å²) in [7, 11) is 3.13. The van der Waals surface area contributed by atoms with Crippen molar-refractivity contribution in [2.45, 2.75) is 45.0 Å². The van der Waals surface area contributed by atoms with Crippen LogP contribution in [0.3, 0.4) is 0 Å². The van der Waals surface area contributed by atoms with Crippen molar-refractivity contribution in [2.24, 2.45) is 0 Å². The number of aromatic nitrogens is 3. The fourth-order valence-electron chi connectivity index (χ4n) is 3.28. The van der Waals surface area contributed by atoms with E-state index in [9.17, 15) is 4.79 Å². The van der Waals surface area contributed by atoms with Gasteiger partial charge in [-0.05, 0) is 50.1 Å². The van der Waals surface area contributed by atoms with Crippen molar-refractivity contribution in [2.75, 3.05) is 25.3 Å². The molecule has 1 N–H and O–H groups in total. The van der Waals surface area contributed by atoms with Crippen LogP contribution in [0.25, 0.3) is 0 Å². The number of rotatable bonds is 11. The second kappa shape index (κ2) is 11.6. The Labute approximate surface area is 198 Å². The van der Waals surface area contributed by atoms with Crippen molar-refractivity contribution in [3.05, 3.63) is 53.9 Å². The van der Waals surface area contributed by atoms with Gasteiger partial charge in [0.25, 0.3) is 0 Å². The number of thioether (sulfide) groups is 1. The lowest BCUT2D eigenvalue weighted by Gasteiger charge is -2.16. The number of anilines is 1. The molecule has 0 saturated heterocycles. The van der Waals surface area contributed by atoms with Gasteiger partial charge in [-0.2, -0.15) is 0 Å². The van der Waals surface area contributed by atoms with Crippen molar-refractivity contribution in [3.8, 4) is 17.2 Å². The molecular formula is C24H30N4O4S. The molecule has 3 aromatic rings. The molecule has 1 unspecified atom stereocenters. The van der Waals surface area contributed by atoms with E-state index in [1.165, 1.54) is 17.3 Å². The van der Waals surface area contributed by atoms with E-state index in [1.54, 1.807) is 32.4 Å². The summed E-state index contributed by atoms with van der Waals surface area (Å²) in [5.74, 6) is 2.70. The molecule has 1 amide bonds. The van der Waals surface area contributed by atoms with Gasteiger partial charge in [-0.15, -0.1) is 10.2 Å². The molecule has 1 heterocycles. The van der Waals surface area contributed by atoms with Crippen molar-refractivity contribution < 1.29 is 19.0 Å². The summed E-state index contributed by atoms with van der Waals surface area (Å²) in [6.45, 7) is 6.75. The number of nitrogens with one attached hydrogen (secondary N) is 1. The highest BCUT2D eigenvalue weighted by Crippen LogP contribution is 2.30. The number of methoxy groups -OCH3 is 2. The third-order valence-electron chi connectivity index (χ3n) is 5.08. The first-order valence-corrected chi connectivity index (χ1v) is 11.8. The molecule has 2 aromatic carbocycles. The molecule has 1 atom stereocenters. The summed E-state index contributed by atoms with van der Waals surface area (Å²) in [6.07, 6.45) is 0.705. The van der Waals surface area contributed by atoms with Crippen molar-refractivity contribution in [1.29, 1.82) is 0 Å². The quantitative estimate of drug-likeness (QED) is 0.405. The predicted octanol–water partition coefficient (Wildman–Crippen LogP) is 4.75. The monoisotopic (exact) mass is 470 g/mol. The Morgan fingerprint density at radius 2 is 1.79 bits per heavy atom. The first-order valence-electron chi connectivity index (χ1n) is 10.8. The van der Waals surface area contributed by atoms with Crippen LogP contribution in [0.5, 0.6) is 17.2 Å². The summed E-state index contributed by atoms with van der Waals surface area (Å²) >= 11 is 1.33. The summed E-state index contributed by atoms with van der Waals surface area (Å²) in [4.78, 5) is 12.5. The van der Waals surface area contributed by atoms with Crippen LogP contribution in [0.1, 0.15) is 38.3 Å². The third-order valence-corrected chi connectivity index (χ3v) is 6.05. The average molecular weight is 471 g/mol. The summed E-state index contributed by atoms with van der Waals surface area (Å²) in [5.41, 5.74) is 1.84. The minimum Gasteiger partial charge on any atom is -0.497 e. The molecule has 0 aliphatic rings. The van der Waals surface area contributed by atoms with Gasteiger partial charge >= 0.3 is 0 Å². The number of carbonyl (C=O) groups excluding carboxylic acids is 1. The number of amides is 1. The highest BCUT2D eigenvalue weighted by atomic mass is 32.2. The highest BCUT2D eigenvalue weighted by Gasteiger charge is 2.20. The van der Waals surface area contributed by atoms with E-state index < -0.39 is 0 Å². The van der Waals surface area contributed by atoms with E-state index in [-0.39, 0.29) is 17.8 Å². The van der Waals surface area contributed by atoms with Crippen molar-refractivity contribution in [1.82, 2.24) is 14.8 Å². The fourth-order valence-corrected chi connectivity index (χ4v) is 4.09. The third kappa shape index (κ3) is 6.19. The van der Waals surface area contributed by atoms with Gasteiger partial charge in [-0.1, -0.05) is 30.8 Å². The van der Waals surface area contributed by atoms with Gasteiger partial charge in [0.15, 0.2) is 17.1 Å². The predicted molar refractivity (Wildman–Crippen MR) is 129 cm³/mol. The van der Waals surface area contributed by atoms with Gasteiger partial charge in [0.2, 0.25) is 5.91 Å². The van der Waals surface area contributed by atoms with Crippen molar-refractivity contribution in [3.63, 3.8) is 0 Å². The molecule has 176 valence electrons. The fraction of sp³-hybridized carbons (Fsp3) is 0.375. The molecule has 0 fully saturated rings. The van der Waals surface area contributed by atoms with Crippen LogP contribution in [0.15, 0.2) is 47.6 Å². The molecule has 8 nitrogen and oxygen atoms in total. The Balaban J connectivity index is 1.63. The van der Waals surface area contributed by atoms with E-state index in [0.29, 0.717) is 28.9 Å². The van der Waals surface area contributed by atoms with Crippen LogP contribution in [-0.4, -0.2) is 40.6 Å². The Kier molecular flexibility index (Phi) is 8.59. The summed E-state index contributed by atoms with van der Waals surface area (Å²) in [5, 5.41) is 12.2. The van der Waals surface area contributed by atoms with Crippen LogP contribution in [0, 0.1) is 0 Å². The lowest BCUT2D eigenvalue weighted by Crippen LogP contribution is -2.16. The molecule has 3 rings (SSSR count). The molecule has 0 aliphatic heterocycles. The molecule has 0 spiro atoms. The number of carbonyl (C=O) groups is 1. The van der Waals surface area contributed by atoms with Crippen LogP contribution < -0.4 is 19.5 Å². The topological polar surface area (TPSA) is 87.5 Å². The van der Waals surface area contributed by atoms with E-state index >= 15 is 0 Å². The standard InChI is InChI=1S/C24H30N4O4S/c1-6-17-8-10-18(11-9-17)32-16(3)23-26-27-24(28(23)7-2)33-15-22(29)25-20-13-12-19(30-4)14-21(20)31-5/h8-14,16H,6-7,15H2,1-5H3,(H,25,29). The lowest BCUT2D eigenvalue weighted by molar-refractivity contribution is -0.113. The molecule has 1 aromatic heterocycles. The number of hydrogen-bond donors (Lipinski definition) is 1. The lowest BCUT2D eigenvalue weighted by atomic mass is 10.2. The van der Waals surface area contributed by atoms with Crippen LogP contribution in [0.4, 0.5) is 5.69 Å². The molecule has 0 aliphatic carbocycles. The molecule has 0 bridgehead atoms. The zero-order valence-electron chi connectivity index (χ0n) is 19.6. The van der Waals surface area contributed by atoms with Crippen molar-refractivity contribution >= 4 is 23.4 Å². The largest absolute Gasteiger partial charge is 0.497 e. The zero-order valence-corrected chi connectivity index (χ0v) is 20.4. The van der Waals surface area contributed by atoms with Gasteiger partial charge in [0.05, 0.1) is 25.7 Å². The normalized spacial score (nSPS) is 11.7. The second-order valence-corrected chi connectivity index (χ2v) is 8.19. The number of hydrogen-bond acceptors (Lipinski definition) is 7. The van der Waals surface area contributed by atoms with E-state index in [4.69, 9.17) is 14.2 Å². The summed E-state index contributed by atoms with van der Waals surface area (Å²) in [6, 6.07) is 13.3. The number of benzene rings is 2. The van der Waals surface area contributed by atoms with E-state index in [0.717, 1.165) is 18.0 Å². The molecule has 33 heavy (non-hydrogen) atoms. The van der Waals surface area contributed by atoms with Crippen LogP contribution in [0.2, 0.25) is 0 Å². The molecule has 0 saturated carbocycles. The van der Waals surface area contributed by atoms with E-state index in [1.807, 2.05) is 30.5 Å². The van der Waals surface area contributed by atoms with Gasteiger partial charge < -0.3 is 24.1 Å². The van der Waals surface area contributed by atoms with Gasteiger partial charge in [0, 0.05) is 12.6 Å². The number of aryl methyl sites for hydroxylation is 1. The average Bonchev–Trinajstić information content (AvgIpc) is 3.26. The first kappa shape index (κ1) is 24.4. The first-order chi connectivity index (χ1) is 16.0. The molecule has 0 radical (unpaired) electrons. The zero-order chi connectivity index (χ0) is 23.8. The maximum Gasteiger partial charge on any atom is 0.234 e. The van der Waals surface area contributed by atoms with Crippen LogP contribution >= 0.6 is 11.8 Å². The SMILES string of the molecule is CCc1ccc(OC(C)c2nnc(SCC(=O)Nc3ccc(OC)cc3OC)n2CC)cc1. The van der Waals surface area contributed by atoms with Crippen LogP contribution in [-0.2, 0) is 17.8 Å². The smallest absolute Gasteiger partial charge is 0.234 e. The van der Waals surface area contributed by atoms with Gasteiger partial charge in [-0.25, -0.2) is 0 Å². The highest BCUT2D eigenvalue weighted by molar-refractivity contribution is 7.99. The Morgan fingerprint density at radius 3 is 2.42 bits per heavy atom. The van der Waals surface area contributed by atoms with Gasteiger partial charge in [0.1, 0.15) is 17.2 Å². The Hall–Kier alpha value is -3.20. The maximum absolute atomic E-state index is 12.5. The second-order valence-electron chi connectivity index (χ2n) is 7.25.